The SMILES string of the molecule is CN(C[C@@H]1COCCO1)C(=O)Nc1ccccc1Oc1ccccc1F. The minimum atomic E-state index is -0.472. The average Bonchev–Trinajstić information content (AvgIpc) is 2.66. The van der Waals surface area contributed by atoms with E-state index >= 15 is 0 Å². The van der Waals surface area contributed by atoms with Crippen LogP contribution in [0.4, 0.5) is 14.9 Å². The molecule has 6 nitrogen and oxygen atoms in total. The van der Waals surface area contributed by atoms with E-state index in [1.807, 2.05) is 0 Å². The van der Waals surface area contributed by atoms with E-state index in [9.17, 15) is 9.18 Å². The Hall–Kier alpha value is -2.64. The van der Waals surface area contributed by atoms with Gasteiger partial charge in [0, 0.05) is 7.05 Å². The van der Waals surface area contributed by atoms with Crippen LogP contribution in [0.25, 0.3) is 0 Å². The number of benzene rings is 2. The highest BCUT2D eigenvalue weighted by molar-refractivity contribution is 5.90. The molecule has 1 aliphatic rings. The van der Waals surface area contributed by atoms with E-state index in [-0.39, 0.29) is 17.9 Å². The van der Waals surface area contributed by atoms with Crippen LogP contribution >= 0.6 is 0 Å². The van der Waals surface area contributed by atoms with Crippen molar-refractivity contribution >= 4 is 11.7 Å². The molecule has 1 N–H and O–H groups in total. The lowest BCUT2D eigenvalue weighted by molar-refractivity contribution is -0.0925. The van der Waals surface area contributed by atoms with Crippen LogP contribution in [0.3, 0.4) is 0 Å². The van der Waals surface area contributed by atoms with E-state index in [4.69, 9.17) is 14.2 Å². The first-order valence-electron chi connectivity index (χ1n) is 8.36. The molecule has 2 aromatic carbocycles. The number of amides is 2. The van der Waals surface area contributed by atoms with Gasteiger partial charge < -0.3 is 24.4 Å². The third kappa shape index (κ3) is 4.71. The van der Waals surface area contributed by atoms with Gasteiger partial charge in [-0.15, -0.1) is 0 Å². The number of urea groups is 1. The molecule has 1 heterocycles. The second-order valence-corrected chi connectivity index (χ2v) is 5.91. The fraction of sp³-hybridized carbons (Fsp3) is 0.316. The van der Waals surface area contributed by atoms with E-state index in [1.165, 1.54) is 17.0 Å². The summed E-state index contributed by atoms with van der Waals surface area (Å²) >= 11 is 0. The summed E-state index contributed by atoms with van der Waals surface area (Å²) in [5.74, 6) is -0.0212. The number of nitrogens with zero attached hydrogens (tertiary/aromatic N) is 1. The van der Waals surface area contributed by atoms with E-state index in [1.54, 1.807) is 43.4 Å². The van der Waals surface area contributed by atoms with E-state index in [0.29, 0.717) is 37.8 Å². The number of anilines is 1. The van der Waals surface area contributed by atoms with Gasteiger partial charge in [0.2, 0.25) is 0 Å². The minimum absolute atomic E-state index is 0.0929. The van der Waals surface area contributed by atoms with Crippen molar-refractivity contribution in [3.8, 4) is 11.5 Å². The quantitative estimate of drug-likeness (QED) is 0.887. The van der Waals surface area contributed by atoms with Crippen molar-refractivity contribution in [3.05, 3.63) is 54.3 Å². The van der Waals surface area contributed by atoms with Crippen molar-refractivity contribution < 1.29 is 23.4 Å². The van der Waals surface area contributed by atoms with Gasteiger partial charge in [-0.05, 0) is 24.3 Å². The maximum absolute atomic E-state index is 13.8. The summed E-state index contributed by atoms with van der Waals surface area (Å²) in [4.78, 5) is 14.0. The molecular formula is C19H21FN2O4. The van der Waals surface area contributed by atoms with Crippen LogP contribution in [0.1, 0.15) is 0 Å². The van der Waals surface area contributed by atoms with Crippen LogP contribution < -0.4 is 10.1 Å². The summed E-state index contributed by atoms with van der Waals surface area (Å²) in [6.07, 6.45) is -0.149. The van der Waals surface area contributed by atoms with Gasteiger partial charge in [0.1, 0.15) is 0 Å². The van der Waals surface area contributed by atoms with Crippen LogP contribution in [0.15, 0.2) is 48.5 Å². The van der Waals surface area contributed by atoms with E-state index < -0.39 is 5.82 Å². The van der Waals surface area contributed by atoms with Crippen molar-refractivity contribution in [1.82, 2.24) is 4.90 Å². The molecule has 7 heteroatoms. The van der Waals surface area contributed by atoms with Gasteiger partial charge in [0.25, 0.3) is 0 Å². The first kappa shape index (κ1) is 18.2. The van der Waals surface area contributed by atoms with Gasteiger partial charge in [-0.1, -0.05) is 24.3 Å². The van der Waals surface area contributed by atoms with Gasteiger partial charge in [0.05, 0.1) is 38.2 Å². The highest BCUT2D eigenvalue weighted by atomic mass is 19.1. The molecule has 0 aromatic heterocycles. The van der Waals surface area contributed by atoms with Gasteiger partial charge >= 0.3 is 6.03 Å². The minimum Gasteiger partial charge on any atom is -0.452 e. The van der Waals surface area contributed by atoms with Crippen molar-refractivity contribution in [2.24, 2.45) is 0 Å². The molecule has 1 fully saturated rings. The van der Waals surface area contributed by atoms with E-state index in [0.717, 1.165) is 0 Å². The van der Waals surface area contributed by atoms with Gasteiger partial charge in [0.15, 0.2) is 17.3 Å². The number of likely N-dealkylation sites (N-methyl/N-ethyl adjacent to an activating group) is 1. The Morgan fingerprint density at radius 2 is 1.92 bits per heavy atom. The molecule has 0 spiro atoms. The number of carbonyl (C=O) groups excluding carboxylic acids is 1. The van der Waals surface area contributed by atoms with E-state index in [2.05, 4.69) is 5.32 Å². The van der Waals surface area contributed by atoms with Crippen LogP contribution in [0.2, 0.25) is 0 Å². The number of halogens is 1. The average molecular weight is 360 g/mol. The second-order valence-electron chi connectivity index (χ2n) is 5.91. The molecule has 138 valence electrons. The van der Waals surface area contributed by atoms with Crippen LogP contribution in [0.5, 0.6) is 11.5 Å². The molecule has 1 aliphatic heterocycles. The highest BCUT2D eigenvalue weighted by Gasteiger charge is 2.20. The van der Waals surface area contributed by atoms with Crippen LogP contribution in [-0.2, 0) is 9.47 Å². The van der Waals surface area contributed by atoms with Gasteiger partial charge in [-0.2, -0.15) is 0 Å². The predicted octanol–water partition coefficient (Wildman–Crippen LogP) is 3.50. The summed E-state index contributed by atoms with van der Waals surface area (Å²) in [6.45, 7) is 1.97. The second kappa shape index (κ2) is 8.64. The van der Waals surface area contributed by atoms with Gasteiger partial charge in [-0.3, -0.25) is 0 Å². The third-order valence-corrected chi connectivity index (χ3v) is 3.89. The molecule has 26 heavy (non-hydrogen) atoms. The molecular weight excluding hydrogens is 339 g/mol. The summed E-state index contributed by atoms with van der Waals surface area (Å²) in [7, 11) is 1.67. The van der Waals surface area contributed by atoms with Crippen LogP contribution in [0, 0.1) is 5.82 Å². The van der Waals surface area contributed by atoms with Crippen molar-refractivity contribution in [2.45, 2.75) is 6.10 Å². The lowest BCUT2D eigenvalue weighted by atomic mass is 10.3. The number of nitrogens with one attached hydrogen (secondary N) is 1. The maximum atomic E-state index is 13.8. The number of hydrogen-bond donors (Lipinski definition) is 1. The summed E-state index contributed by atoms with van der Waals surface area (Å²) in [5.41, 5.74) is 0.452. The Labute approximate surface area is 151 Å². The molecule has 0 saturated carbocycles. The highest BCUT2D eigenvalue weighted by Crippen LogP contribution is 2.30. The number of ether oxygens (including phenoxy) is 3. The Bertz CT molecular complexity index is 750. The zero-order valence-electron chi connectivity index (χ0n) is 14.5. The Morgan fingerprint density at radius 1 is 1.19 bits per heavy atom. The Balaban J connectivity index is 1.65. The lowest BCUT2D eigenvalue weighted by Gasteiger charge is -2.27. The molecule has 0 bridgehead atoms. The number of rotatable bonds is 5. The number of para-hydroxylation sites is 3. The number of hydrogen-bond acceptors (Lipinski definition) is 4. The monoisotopic (exact) mass is 360 g/mol. The lowest BCUT2D eigenvalue weighted by Crippen LogP contribution is -2.42. The summed E-state index contributed by atoms with van der Waals surface area (Å²) < 4.78 is 30.3. The molecule has 1 saturated heterocycles. The van der Waals surface area contributed by atoms with Crippen molar-refractivity contribution in [2.75, 3.05) is 38.7 Å². The molecule has 0 unspecified atom stereocenters. The Kier molecular flexibility index (Phi) is 6.04. The zero-order valence-corrected chi connectivity index (χ0v) is 14.5. The molecule has 3 rings (SSSR count). The fourth-order valence-corrected chi connectivity index (χ4v) is 2.55. The summed E-state index contributed by atoms with van der Waals surface area (Å²) in [6, 6.07) is 12.7. The fourth-order valence-electron chi connectivity index (χ4n) is 2.55. The standard InChI is InChI=1S/C19H21FN2O4/c1-22(12-14-13-24-10-11-25-14)19(23)21-16-7-3-5-9-18(16)26-17-8-4-2-6-15(17)20/h2-9,14H,10-13H2,1H3,(H,21,23)/t14-/m1/s1. The Morgan fingerprint density at radius 3 is 2.65 bits per heavy atom. The van der Waals surface area contributed by atoms with Crippen LogP contribution in [-0.4, -0.2) is 50.4 Å². The molecule has 2 aromatic rings. The molecule has 1 atom stereocenters. The number of carbonyl (C=O) groups is 1. The molecule has 2 amide bonds. The third-order valence-electron chi connectivity index (χ3n) is 3.89. The normalized spacial score (nSPS) is 16.8. The molecule has 0 aliphatic carbocycles. The summed E-state index contributed by atoms with van der Waals surface area (Å²) in [5, 5.41) is 2.78. The predicted molar refractivity (Wildman–Crippen MR) is 95.1 cm³/mol. The molecule has 0 radical (unpaired) electrons. The maximum Gasteiger partial charge on any atom is 0.321 e. The first-order valence-corrected chi connectivity index (χ1v) is 8.36. The largest absolute Gasteiger partial charge is 0.452 e. The topological polar surface area (TPSA) is 60.0 Å². The zero-order chi connectivity index (χ0) is 18.4. The van der Waals surface area contributed by atoms with Crippen molar-refractivity contribution in [1.29, 1.82) is 0 Å². The van der Waals surface area contributed by atoms with Crippen molar-refractivity contribution in [3.63, 3.8) is 0 Å². The van der Waals surface area contributed by atoms with Gasteiger partial charge in [-0.25, -0.2) is 9.18 Å². The first-order chi connectivity index (χ1) is 12.6. The smallest absolute Gasteiger partial charge is 0.321 e.